The van der Waals surface area contributed by atoms with E-state index in [0.717, 1.165) is 30.0 Å². The molecule has 0 spiro atoms. The van der Waals surface area contributed by atoms with Crippen molar-refractivity contribution >= 4 is 38.0 Å². The van der Waals surface area contributed by atoms with E-state index in [2.05, 4.69) is 27.7 Å². The third-order valence-electron chi connectivity index (χ3n) is 15.9. The Kier molecular flexibility index (Phi) is 21.0. The first-order chi connectivity index (χ1) is 31.2. The summed E-state index contributed by atoms with van der Waals surface area (Å²) in [7, 11) is 2.74. The highest BCUT2D eigenvalue weighted by atomic mass is 28.4. The molecule has 0 aromatic carbocycles. The number of allylic oxidation sites excluding steroid dienone is 3. The van der Waals surface area contributed by atoms with Crippen LogP contribution >= 0.6 is 0 Å². The highest BCUT2D eigenvalue weighted by Gasteiger charge is 2.57. The van der Waals surface area contributed by atoms with Gasteiger partial charge in [-0.05, 0) is 113 Å². The Labute approximate surface area is 396 Å². The molecule has 3 heterocycles. The summed E-state index contributed by atoms with van der Waals surface area (Å²) in [5.74, 6) is -7.79. The van der Waals surface area contributed by atoms with E-state index in [1.165, 1.54) is 19.1 Å². The van der Waals surface area contributed by atoms with Crippen LogP contribution in [0.4, 0.5) is 0 Å². The Balaban J connectivity index is 1.81. The molecule has 66 heavy (non-hydrogen) atoms. The molecule has 3 aliphatic heterocycles. The number of Topliss-reactive ketones (excluding diaryl/α,β-unsaturated/α-hetero) is 2. The maximum atomic E-state index is 14.7. The molecule has 2 N–H and O–H groups in total. The van der Waals surface area contributed by atoms with Crippen LogP contribution in [-0.4, -0.2) is 136 Å². The first-order valence-corrected chi connectivity index (χ1v) is 27.5. The summed E-state index contributed by atoms with van der Waals surface area (Å²) in [6.07, 6.45) is 4.85. The van der Waals surface area contributed by atoms with Gasteiger partial charge in [0.25, 0.3) is 11.7 Å². The van der Waals surface area contributed by atoms with Crippen LogP contribution in [0.2, 0.25) is 18.1 Å². The van der Waals surface area contributed by atoms with Gasteiger partial charge in [-0.2, -0.15) is 0 Å². The summed E-state index contributed by atoms with van der Waals surface area (Å²) in [4.78, 5) is 71.2. The SMILES string of the molecule is CCC1C=C(C)CC(C)CC(OC)C2OC(O)(C(=O)C(=O)N3CCCCC3C(=O)OC(C(C)=CC3(CC=O)CC[C@H](O[Si](CC)(CC)CC)C(OC)C3)C(C)C(O)CC1=O)C(C)CC2OC. The fourth-order valence-corrected chi connectivity index (χ4v) is 14.3. The van der Waals surface area contributed by atoms with E-state index < -0.39 is 91.5 Å². The van der Waals surface area contributed by atoms with Gasteiger partial charge in [0.2, 0.25) is 5.79 Å². The van der Waals surface area contributed by atoms with Gasteiger partial charge in [0.05, 0.1) is 30.5 Å². The molecule has 0 aromatic rings. The first-order valence-electron chi connectivity index (χ1n) is 25.0. The van der Waals surface area contributed by atoms with Crippen molar-refractivity contribution in [1.29, 1.82) is 0 Å². The van der Waals surface area contributed by atoms with Crippen LogP contribution < -0.4 is 0 Å². The molecular formula is C51H85NO13Si. The van der Waals surface area contributed by atoms with Gasteiger partial charge in [0.15, 0.2) is 8.32 Å². The van der Waals surface area contributed by atoms with Crippen LogP contribution in [0.1, 0.15) is 139 Å². The van der Waals surface area contributed by atoms with Crippen LogP contribution in [0.3, 0.4) is 0 Å². The first kappa shape index (κ1) is 56.0. The summed E-state index contributed by atoms with van der Waals surface area (Å²) in [6, 6.07) is 1.79. The van der Waals surface area contributed by atoms with E-state index in [9.17, 15) is 34.2 Å². The number of hydrogen-bond acceptors (Lipinski definition) is 13. The highest BCUT2D eigenvalue weighted by Crippen LogP contribution is 2.45. The lowest BCUT2D eigenvalue weighted by Crippen LogP contribution is -2.64. The van der Waals surface area contributed by atoms with Crippen LogP contribution in [0.5, 0.6) is 0 Å². The summed E-state index contributed by atoms with van der Waals surface area (Å²) < 4.78 is 37.6. The lowest BCUT2D eigenvalue weighted by atomic mass is 9.68. The third-order valence-corrected chi connectivity index (χ3v) is 20.6. The molecular weight excluding hydrogens is 863 g/mol. The molecule has 2 saturated heterocycles. The van der Waals surface area contributed by atoms with Crippen molar-refractivity contribution in [2.45, 2.75) is 212 Å². The average molecular weight is 948 g/mol. The topological polar surface area (TPSA) is 184 Å². The second-order valence-electron chi connectivity index (χ2n) is 20.4. The number of nitrogens with zero attached hydrogens (tertiary/aromatic N) is 1. The summed E-state index contributed by atoms with van der Waals surface area (Å²) in [6.45, 7) is 17.8. The number of fused-ring (bicyclic) bond motifs is 3. The number of piperidine rings is 1. The van der Waals surface area contributed by atoms with Crippen molar-refractivity contribution in [3.8, 4) is 0 Å². The number of ether oxygens (including phenoxy) is 5. The molecule has 2 bridgehead atoms. The zero-order valence-corrected chi connectivity index (χ0v) is 43.3. The molecule has 15 heteroatoms. The van der Waals surface area contributed by atoms with E-state index in [1.807, 2.05) is 32.9 Å². The van der Waals surface area contributed by atoms with E-state index >= 15 is 0 Å². The minimum Gasteiger partial charge on any atom is -0.456 e. The number of rotatable bonds is 13. The van der Waals surface area contributed by atoms with Crippen molar-refractivity contribution in [2.24, 2.45) is 29.1 Å². The van der Waals surface area contributed by atoms with Crippen molar-refractivity contribution in [1.82, 2.24) is 4.90 Å². The van der Waals surface area contributed by atoms with Gasteiger partial charge < -0.3 is 48.0 Å². The Bertz CT molecular complexity index is 1710. The maximum Gasteiger partial charge on any atom is 0.329 e. The summed E-state index contributed by atoms with van der Waals surface area (Å²) >= 11 is 0. The summed E-state index contributed by atoms with van der Waals surface area (Å²) in [5.41, 5.74) is 0.882. The van der Waals surface area contributed by atoms with Gasteiger partial charge in [-0.1, -0.05) is 66.2 Å². The number of carbonyl (C=O) groups excluding carboxylic acids is 5. The second kappa shape index (κ2) is 24.8. The van der Waals surface area contributed by atoms with Crippen LogP contribution in [-0.2, 0) is 52.1 Å². The number of aliphatic hydroxyl groups is 2. The van der Waals surface area contributed by atoms with Crippen molar-refractivity contribution in [3.63, 3.8) is 0 Å². The predicted octanol–water partition coefficient (Wildman–Crippen LogP) is 7.46. The number of cyclic esters (lactones) is 1. The molecule has 14 atom stereocenters. The number of ketones is 2. The highest BCUT2D eigenvalue weighted by molar-refractivity contribution is 6.73. The van der Waals surface area contributed by atoms with Gasteiger partial charge in [-0.25, -0.2) is 4.79 Å². The molecule has 1 amide bonds. The van der Waals surface area contributed by atoms with Crippen molar-refractivity contribution in [3.05, 3.63) is 23.3 Å². The van der Waals surface area contributed by atoms with Crippen LogP contribution in [0.25, 0.3) is 0 Å². The van der Waals surface area contributed by atoms with Gasteiger partial charge in [0.1, 0.15) is 30.3 Å². The quantitative estimate of drug-likeness (QED) is 0.0611. The molecule has 4 rings (SSSR count). The molecule has 13 unspecified atom stereocenters. The van der Waals surface area contributed by atoms with Crippen molar-refractivity contribution < 1.29 is 62.3 Å². The molecule has 4 aliphatic rings. The number of aldehydes is 1. The summed E-state index contributed by atoms with van der Waals surface area (Å²) in [5, 5.41) is 24.1. The fraction of sp³-hybridized carbons (Fsp3) is 0.824. The van der Waals surface area contributed by atoms with Crippen molar-refractivity contribution in [2.75, 3.05) is 27.9 Å². The zero-order chi connectivity index (χ0) is 49.1. The maximum absolute atomic E-state index is 14.7. The fourth-order valence-electron chi connectivity index (χ4n) is 11.4. The van der Waals surface area contributed by atoms with Gasteiger partial charge in [0, 0.05) is 58.5 Å². The average Bonchev–Trinajstić information content (AvgIpc) is 3.30. The van der Waals surface area contributed by atoms with E-state index in [0.29, 0.717) is 56.9 Å². The number of amides is 1. The zero-order valence-electron chi connectivity index (χ0n) is 42.3. The Morgan fingerprint density at radius 2 is 1.55 bits per heavy atom. The van der Waals surface area contributed by atoms with Gasteiger partial charge in [-0.15, -0.1) is 0 Å². The number of esters is 1. The molecule has 0 radical (unpaired) electrons. The second-order valence-corrected chi connectivity index (χ2v) is 25.1. The smallest absolute Gasteiger partial charge is 0.329 e. The van der Waals surface area contributed by atoms with Gasteiger partial charge in [-0.3, -0.25) is 14.4 Å². The molecule has 1 aliphatic carbocycles. The number of methoxy groups -OCH3 is 3. The molecule has 0 aromatic heterocycles. The lowest BCUT2D eigenvalue weighted by Gasteiger charge is -2.47. The third kappa shape index (κ3) is 13.0. The number of aliphatic hydroxyl groups excluding tert-OH is 1. The standard InChI is InChI=1S/C51H85NO13Si/c1-13-37-26-32(5)25-33(6)27-42(60-10)46-43(61-11)28-35(8)51(59,64-46)47(56)48(57)52-23-18-17-19-38(52)49(58)63-45(36(9)39(54)29-40(37)55)34(7)30-50(22-24-53)21-20-41(44(31-50)62-12)65-66(14-2,15-3)16-4/h24,26,30,33,35-39,41-46,54,59H,13-23,25,27-29,31H2,1-12H3/t33?,35?,36?,37?,38?,39?,41-,42?,43?,44?,45?,46?,50?,51?/m0/s1. The molecule has 1 saturated carbocycles. The van der Waals surface area contributed by atoms with Gasteiger partial charge >= 0.3 is 5.97 Å². The minimum atomic E-state index is -2.53. The van der Waals surface area contributed by atoms with Crippen LogP contribution in [0, 0.1) is 29.1 Å². The Morgan fingerprint density at radius 1 is 0.909 bits per heavy atom. The van der Waals surface area contributed by atoms with E-state index in [4.69, 9.17) is 28.1 Å². The Morgan fingerprint density at radius 3 is 2.14 bits per heavy atom. The predicted molar refractivity (Wildman–Crippen MR) is 254 cm³/mol. The molecule has 376 valence electrons. The number of hydrogen-bond donors (Lipinski definition) is 2. The minimum absolute atomic E-state index is 0.0147. The number of carbonyl (C=O) groups is 5. The molecule has 14 nitrogen and oxygen atoms in total. The lowest BCUT2D eigenvalue weighted by molar-refractivity contribution is -0.302. The van der Waals surface area contributed by atoms with E-state index in [-0.39, 0.29) is 56.1 Å². The normalized spacial score (nSPS) is 37.6. The van der Waals surface area contributed by atoms with E-state index in [1.54, 1.807) is 21.0 Å². The monoisotopic (exact) mass is 948 g/mol. The largest absolute Gasteiger partial charge is 0.456 e. The molecule has 3 fully saturated rings. The van der Waals surface area contributed by atoms with Crippen LogP contribution in [0.15, 0.2) is 23.3 Å². The Hall–Kier alpha value is -2.63.